The minimum atomic E-state index is 0.224. The van der Waals surface area contributed by atoms with Gasteiger partial charge >= 0.3 is 0 Å². The molecular weight excluding hydrogens is 350 g/mol. The van der Waals surface area contributed by atoms with Crippen molar-refractivity contribution in [2.45, 2.75) is 18.9 Å². The Morgan fingerprint density at radius 3 is 2.43 bits per heavy atom. The lowest BCUT2D eigenvalue weighted by molar-refractivity contribution is 0.120. The van der Waals surface area contributed by atoms with E-state index < -0.39 is 0 Å². The second kappa shape index (κ2) is 7.40. The van der Waals surface area contributed by atoms with Gasteiger partial charge in [-0.05, 0) is 12.8 Å². The standard InChI is InChI=1S/C22H21N5O/c1-3-8-16(9-4-1)19-20(17-10-5-2-6-11-17)27-21(24-15-25-22(27)26-19)23-14-18-12-7-13-28-18/h1-6,8-11,15,18H,7,12-14H2,(H,23,24,25,26)/t18-/m0/s1. The van der Waals surface area contributed by atoms with Crippen LogP contribution in [0.1, 0.15) is 12.8 Å². The number of aromatic nitrogens is 4. The van der Waals surface area contributed by atoms with Gasteiger partial charge in [-0.25, -0.2) is 19.4 Å². The third-order valence-electron chi connectivity index (χ3n) is 5.03. The predicted octanol–water partition coefficient (Wildman–Crippen LogP) is 4.05. The molecule has 2 aromatic heterocycles. The quantitative estimate of drug-likeness (QED) is 0.573. The molecule has 0 aliphatic carbocycles. The summed E-state index contributed by atoms with van der Waals surface area (Å²) in [5.74, 6) is 1.36. The van der Waals surface area contributed by atoms with Crippen molar-refractivity contribution in [3.05, 3.63) is 67.0 Å². The summed E-state index contributed by atoms with van der Waals surface area (Å²) in [5.41, 5.74) is 4.01. The monoisotopic (exact) mass is 371 g/mol. The number of imidazole rings is 1. The highest BCUT2D eigenvalue weighted by Gasteiger charge is 2.21. The van der Waals surface area contributed by atoms with Gasteiger partial charge < -0.3 is 10.1 Å². The van der Waals surface area contributed by atoms with E-state index in [2.05, 4.69) is 39.6 Å². The zero-order valence-corrected chi connectivity index (χ0v) is 15.5. The van der Waals surface area contributed by atoms with Crippen molar-refractivity contribution in [3.8, 4) is 22.5 Å². The molecule has 0 saturated carbocycles. The largest absolute Gasteiger partial charge is 0.376 e. The molecule has 3 heterocycles. The topological polar surface area (TPSA) is 64.3 Å². The normalized spacial score (nSPS) is 16.5. The molecule has 0 spiro atoms. The lowest BCUT2D eigenvalue weighted by atomic mass is 10.1. The number of rotatable bonds is 5. The maximum Gasteiger partial charge on any atom is 0.239 e. The van der Waals surface area contributed by atoms with Crippen LogP contribution in [0.2, 0.25) is 0 Å². The number of benzene rings is 2. The van der Waals surface area contributed by atoms with Gasteiger partial charge in [0.25, 0.3) is 0 Å². The second-order valence-corrected chi connectivity index (χ2v) is 6.89. The number of hydrogen-bond acceptors (Lipinski definition) is 5. The first-order chi connectivity index (χ1) is 13.9. The average Bonchev–Trinajstić information content (AvgIpc) is 3.41. The van der Waals surface area contributed by atoms with Gasteiger partial charge in [-0.15, -0.1) is 0 Å². The molecule has 1 atom stereocenters. The van der Waals surface area contributed by atoms with Gasteiger partial charge in [0.15, 0.2) is 0 Å². The number of fused-ring (bicyclic) bond motifs is 1. The molecule has 0 radical (unpaired) electrons. The van der Waals surface area contributed by atoms with Crippen LogP contribution in [0.25, 0.3) is 28.3 Å². The van der Waals surface area contributed by atoms with Crippen LogP contribution in [0.15, 0.2) is 67.0 Å². The van der Waals surface area contributed by atoms with Gasteiger partial charge in [-0.2, -0.15) is 0 Å². The van der Waals surface area contributed by atoms with E-state index in [0.717, 1.165) is 54.5 Å². The zero-order chi connectivity index (χ0) is 18.8. The summed E-state index contributed by atoms with van der Waals surface area (Å²) in [4.78, 5) is 13.8. The molecule has 0 unspecified atom stereocenters. The molecule has 1 saturated heterocycles. The summed E-state index contributed by atoms with van der Waals surface area (Å²) in [6, 6.07) is 20.5. The van der Waals surface area contributed by atoms with E-state index in [1.165, 1.54) is 0 Å². The fourth-order valence-electron chi connectivity index (χ4n) is 3.68. The predicted molar refractivity (Wildman–Crippen MR) is 109 cm³/mol. The third kappa shape index (κ3) is 3.12. The minimum absolute atomic E-state index is 0.224. The molecule has 5 rings (SSSR count). The van der Waals surface area contributed by atoms with Crippen LogP contribution in [0, 0.1) is 0 Å². The van der Waals surface area contributed by atoms with E-state index in [9.17, 15) is 0 Å². The number of ether oxygens (including phenoxy) is 1. The first-order valence-electron chi connectivity index (χ1n) is 9.60. The minimum Gasteiger partial charge on any atom is -0.376 e. The molecule has 0 amide bonds. The summed E-state index contributed by atoms with van der Waals surface area (Å²) in [6.07, 6.45) is 3.97. The van der Waals surface area contributed by atoms with Gasteiger partial charge in [0, 0.05) is 24.3 Å². The van der Waals surface area contributed by atoms with Gasteiger partial charge in [-0.3, -0.25) is 0 Å². The van der Waals surface area contributed by atoms with E-state index in [1.807, 2.05) is 40.8 Å². The highest BCUT2D eigenvalue weighted by atomic mass is 16.5. The fourth-order valence-corrected chi connectivity index (χ4v) is 3.68. The van der Waals surface area contributed by atoms with E-state index >= 15 is 0 Å². The van der Waals surface area contributed by atoms with Crippen LogP contribution in [0.4, 0.5) is 5.95 Å². The summed E-state index contributed by atoms with van der Waals surface area (Å²) in [7, 11) is 0. The fraction of sp³-hybridized carbons (Fsp3) is 0.227. The zero-order valence-electron chi connectivity index (χ0n) is 15.5. The SMILES string of the molecule is c1ccc(-c2nc3ncnc(NC[C@@H]4CCCO4)n3c2-c2ccccc2)cc1. The molecule has 140 valence electrons. The highest BCUT2D eigenvalue weighted by molar-refractivity contribution is 5.82. The smallest absolute Gasteiger partial charge is 0.239 e. The highest BCUT2D eigenvalue weighted by Crippen LogP contribution is 2.33. The van der Waals surface area contributed by atoms with E-state index in [1.54, 1.807) is 6.33 Å². The molecule has 4 aromatic rings. The molecule has 0 bridgehead atoms. The van der Waals surface area contributed by atoms with Crippen LogP contribution in [0.5, 0.6) is 0 Å². The molecule has 1 aliphatic rings. The number of nitrogens with zero attached hydrogens (tertiary/aromatic N) is 4. The Morgan fingerprint density at radius 2 is 1.71 bits per heavy atom. The molecule has 1 aliphatic heterocycles. The van der Waals surface area contributed by atoms with Gasteiger partial charge in [0.1, 0.15) is 6.33 Å². The Labute approximate surface area is 163 Å². The summed E-state index contributed by atoms with van der Waals surface area (Å²) >= 11 is 0. The van der Waals surface area contributed by atoms with Crippen LogP contribution in [-0.4, -0.2) is 38.6 Å². The van der Waals surface area contributed by atoms with Crippen molar-refractivity contribution in [2.24, 2.45) is 0 Å². The molecule has 2 aromatic carbocycles. The molecule has 1 fully saturated rings. The Bertz CT molecular complexity index is 1070. The van der Waals surface area contributed by atoms with Crippen molar-refractivity contribution in [3.63, 3.8) is 0 Å². The molecule has 28 heavy (non-hydrogen) atoms. The van der Waals surface area contributed by atoms with Crippen molar-refractivity contribution in [1.82, 2.24) is 19.4 Å². The Balaban J connectivity index is 1.67. The van der Waals surface area contributed by atoms with Gasteiger partial charge in [-0.1, -0.05) is 60.7 Å². The average molecular weight is 371 g/mol. The Morgan fingerprint density at radius 1 is 0.964 bits per heavy atom. The van der Waals surface area contributed by atoms with E-state index in [4.69, 9.17) is 9.72 Å². The van der Waals surface area contributed by atoms with E-state index in [0.29, 0.717) is 5.78 Å². The summed E-state index contributed by atoms with van der Waals surface area (Å²) in [6.45, 7) is 1.56. The first kappa shape index (κ1) is 16.9. The van der Waals surface area contributed by atoms with Gasteiger partial charge in [0.2, 0.25) is 11.7 Å². The van der Waals surface area contributed by atoms with Crippen LogP contribution >= 0.6 is 0 Å². The van der Waals surface area contributed by atoms with Crippen LogP contribution < -0.4 is 5.32 Å². The molecule has 1 N–H and O–H groups in total. The summed E-state index contributed by atoms with van der Waals surface area (Å²) in [5, 5.41) is 3.45. The van der Waals surface area contributed by atoms with Crippen molar-refractivity contribution in [2.75, 3.05) is 18.5 Å². The third-order valence-corrected chi connectivity index (χ3v) is 5.03. The Kier molecular flexibility index (Phi) is 4.47. The van der Waals surface area contributed by atoms with Crippen molar-refractivity contribution >= 4 is 11.7 Å². The van der Waals surface area contributed by atoms with Crippen molar-refractivity contribution < 1.29 is 4.74 Å². The van der Waals surface area contributed by atoms with Crippen LogP contribution in [0.3, 0.4) is 0 Å². The molecular formula is C22H21N5O. The van der Waals surface area contributed by atoms with Crippen molar-refractivity contribution in [1.29, 1.82) is 0 Å². The maximum absolute atomic E-state index is 5.75. The lowest BCUT2D eigenvalue weighted by Crippen LogP contribution is -2.20. The Hall–Kier alpha value is -3.25. The van der Waals surface area contributed by atoms with Gasteiger partial charge in [0.05, 0.1) is 17.5 Å². The van der Waals surface area contributed by atoms with Crippen LogP contribution in [-0.2, 0) is 4.74 Å². The molecule has 6 heteroatoms. The second-order valence-electron chi connectivity index (χ2n) is 6.89. The maximum atomic E-state index is 5.75. The number of hydrogen-bond donors (Lipinski definition) is 1. The first-order valence-corrected chi connectivity index (χ1v) is 9.60. The number of nitrogens with one attached hydrogen (secondary N) is 1. The lowest BCUT2D eigenvalue weighted by Gasteiger charge is -2.13. The summed E-state index contributed by atoms with van der Waals surface area (Å²) < 4.78 is 7.75. The number of anilines is 1. The molecule has 6 nitrogen and oxygen atoms in total. The van der Waals surface area contributed by atoms with E-state index in [-0.39, 0.29) is 6.10 Å².